The van der Waals surface area contributed by atoms with Crippen LogP contribution >= 0.6 is 24.0 Å². The molecular formula is C14H28IN3O2. The quantitative estimate of drug-likeness (QED) is 0.228. The molecule has 1 aliphatic rings. The second-order valence-electron chi connectivity index (χ2n) is 4.92. The molecule has 118 valence electrons. The van der Waals surface area contributed by atoms with Gasteiger partial charge in [-0.3, -0.25) is 9.79 Å². The van der Waals surface area contributed by atoms with E-state index in [0.717, 1.165) is 31.9 Å². The smallest absolute Gasteiger partial charge is 0.305 e. The Hall–Kier alpha value is -0.530. The molecule has 0 aromatic carbocycles. The molecule has 0 aromatic rings. The van der Waals surface area contributed by atoms with Gasteiger partial charge in [-0.1, -0.05) is 12.8 Å². The van der Waals surface area contributed by atoms with Crippen LogP contribution in [0.5, 0.6) is 0 Å². The van der Waals surface area contributed by atoms with Gasteiger partial charge in [0.2, 0.25) is 0 Å². The van der Waals surface area contributed by atoms with Gasteiger partial charge in [0, 0.05) is 25.6 Å². The Morgan fingerprint density at radius 2 is 2.00 bits per heavy atom. The number of guanidine groups is 1. The number of rotatable bonds is 7. The molecule has 0 aliphatic heterocycles. The Morgan fingerprint density at radius 3 is 2.60 bits per heavy atom. The number of halogens is 1. The van der Waals surface area contributed by atoms with Crippen LogP contribution in [-0.4, -0.2) is 38.2 Å². The highest BCUT2D eigenvalue weighted by atomic mass is 127. The zero-order chi connectivity index (χ0) is 13.9. The number of methoxy groups -OCH3 is 1. The fourth-order valence-corrected chi connectivity index (χ4v) is 2.26. The summed E-state index contributed by atoms with van der Waals surface area (Å²) in [6.45, 7) is 3.70. The first-order valence-electron chi connectivity index (χ1n) is 7.38. The highest BCUT2D eigenvalue weighted by molar-refractivity contribution is 14.0. The molecule has 1 saturated carbocycles. The van der Waals surface area contributed by atoms with Crippen molar-refractivity contribution >= 4 is 35.9 Å². The van der Waals surface area contributed by atoms with Crippen molar-refractivity contribution in [3.63, 3.8) is 0 Å². The second-order valence-corrected chi connectivity index (χ2v) is 4.92. The zero-order valence-electron chi connectivity index (χ0n) is 12.6. The number of unbranched alkanes of at least 4 members (excludes halogenated alkanes) is 1. The molecule has 0 heterocycles. The topological polar surface area (TPSA) is 62.7 Å². The summed E-state index contributed by atoms with van der Waals surface area (Å²) in [5, 5.41) is 6.74. The van der Waals surface area contributed by atoms with E-state index in [4.69, 9.17) is 0 Å². The van der Waals surface area contributed by atoms with Crippen LogP contribution < -0.4 is 10.6 Å². The van der Waals surface area contributed by atoms with Crippen LogP contribution in [0.3, 0.4) is 0 Å². The number of esters is 1. The fourth-order valence-electron chi connectivity index (χ4n) is 2.26. The Bertz CT molecular complexity index is 292. The van der Waals surface area contributed by atoms with Crippen molar-refractivity contribution in [1.82, 2.24) is 10.6 Å². The highest BCUT2D eigenvalue weighted by Gasteiger charge is 2.15. The van der Waals surface area contributed by atoms with Crippen LogP contribution in [-0.2, 0) is 9.53 Å². The molecule has 1 rings (SSSR count). The molecule has 2 N–H and O–H groups in total. The molecule has 0 aromatic heterocycles. The molecule has 0 radical (unpaired) electrons. The number of aliphatic imine (C=N–C) groups is 1. The average molecular weight is 397 g/mol. The van der Waals surface area contributed by atoms with Crippen LogP contribution in [0.25, 0.3) is 0 Å². The standard InChI is InChI=1S/C14H27N3O2.HI/c1-3-15-14(17-12-8-4-5-9-12)16-11-7-6-10-13(18)19-2;/h12H,3-11H2,1-2H3,(H2,15,16,17);1H. The maximum atomic E-state index is 11.0. The third-order valence-electron chi connectivity index (χ3n) is 3.33. The molecule has 0 saturated heterocycles. The lowest BCUT2D eigenvalue weighted by Gasteiger charge is -2.16. The normalized spacial score (nSPS) is 15.6. The van der Waals surface area contributed by atoms with E-state index in [0.29, 0.717) is 12.5 Å². The molecule has 6 heteroatoms. The van der Waals surface area contributed by atoms with Gasteiger partial charge in [-0.15, -0.1) is 24.0 Å². The van der Waals surface area contributed by atoms with Crippen LogP contribution in [0.4, 0.5) is 0 Å². The lowest BCUT2D eigenvalue weighted by atomic mass is 10.2. The number of ether oxygens (including phenoxy) is 1. The van der Waals surface area contributed by atoms with E-state index in [1.807, 2.05) is 0 Å². The van der Waals surface area contributed by atoms with Crippen molar-refractivity contribution in [3.8, 4) is 0 Å². The van der Waals surface area contributed by atoms with Gasteiger partial charge in [-0.25, -0.2) is 0 Å². The minimum Gasteiger partial charge on any atom is -0.469 e. The van der Waals surface area contributed by atoms with E-state index in [2.05, 4.69) is 27.3 Å². The summed E-state index contributed by atoms with van der Waals surface area (Å²) in [5.41, 5.74) is 0. The molecule has 0 amide bonds. The molecule has 0 atom stereocenters. The largest absolute Gasteiger partial charge is 0.469 e. The lowest BCUT2D eigenvalue weighted by molar-refractivity contribution is -0.140. The summed E-state index contributed by atoms with van der Waals surface area (Å²) in [6, 6.07) is 0.577. The Morgan fingerprint density at radius 1 is 1.30 bits per heavy atom. The molecule has 5 nitrogen and oxygen atoms in total. The second kappa shape index (κ2) is 12.2. The Balaban J connectivity index is 0.00000361. The molecule has 20 heavy (non-hydrogen) atoms. The zero-order valence-corrected chi connectivity index (χ0v) is 14.9. The molecule has 0 unspecified atom stereocenters. The summed E-state index contributed by atoms with van der Waals surface area (Å²) >= 11 is 0. The van der Waals surface area contributed by atoms with Crippen molar-refractivity contribution in [2.75, 3.05) is 20.2 Å². The Labute approximate surface area is 139 Å². The molecule has 1 fully saturated rings. The number of nitrogens with one attached hydrogen (secondary N) is 2. The van der Waals surface area contributed by atoms with Gasteiger partial charge in [0.15, 0.2) is 5.96 Å². The first-order valence-corrected chi connectivity index (χ1v) is 7.38. The third-order valence-corrected chi connectivity index (χ3v) is 3.33. The number of hydrogen-bond donors (Lipinski definition) is 2. The van der Waals surface area contributed by atoms with E-state index in [9.17, 15) is 4.79 Å². The maximum absolute atomic E-state index is 11.0. The average Bonchev–Trinajstić information content (AvgIpc) is 2.91. The van der Waals surface area contributed by atoms with Crippen LogP contribution in [0.15, 0.2) is 4.99 Å². The molecule has 0 spiro atoms. The predicted molar refractivity (Wildman–Crippen MR) is 92.7 cm³/mol. The van der Waals surface area contributed by atoms with E-state index < -0.39 is 0 Å². The van der Waals surface area contributed by atoms with Crippen LogP contribution in [0.1, 0.15) is 51.9 Å². The predicted octanol–water partition coefficient (Wildman–Crippen LogP) is 2.45. The first-order chi connectivity index (χ1) is 9.26. The van der Waals surface area contributed by atoms with E-state index in [1.165, 1.54) is 32.8 Å². The van der Waals surface area contributed by atoms with Gasteiger partial charge in [0.1, 0.15) is 0 Å². The van der Waals surface area contributed by atoms with Crippen molar-refractivity contribution < 1.29 is 9.53 Å². The monoisotopic (exact) mass is 397 g/mol. The summed E-state index contributed by atoms with van der Waals surface area (Å²) in [4.78, 5) is 15.5. The molecular weight excluding hydrogens is 369 g/mol. The highest BCUT2D eigenvalue weighted by Crippen LogP contribution is 2.17. The minimum atomic E-state index is -0.139. The van der Waals surface area contributed by atoms with Gasteiger partial charge in [-0.2, -0.15) is 0 Å². The third kappa shape index (κ3) is 8.60. The van der Waals surface area contributed by atoms with Crippen LogP contribution in [0.2, 0.25) is 0 Å². The lowest BCUT2D eigenvalue weighted by Crippen LogP contribution is -2.42. The van der Waals surface area contributed by atoms with Crippen molar-refractivity contribution in [2.24, 2.45) is 4.99 Å². The van der Waals surface area contributed by atoms with Crippen LogP contribution in [0, 0.1) is 0 Å². The Kier molecular flexibility index (Phi) is 11.9. The van der Waals surface area contributed by atoms with Gasteiger partial charge in [0.25, 0.3) is 0 Å². The summed E-state index contributed by atoms with van der Waals surface area (Å²) in [5.74, 6) is 0.771. The van der Waals surface area contributed by atoms with Gasteiger partial charge in [0.05, 0.1) is 7.11 Å². The fraction of sp³-hybridized carbons (Fsp3) is 0.857. The van der Waals surface area contributed by atoms with E-state index in [-0.39, 0.29) is 29.9 Å². The number of carbonyl (C=O) groups is 1. The first kappa shape index (κ1) is 19.5. The summed E-state index contributed by atoms with van der Waals surface area (Å²) < 4.78 is 4.61. The van der Waals surface area contributed by atoms with Crippen molar-refractivity contribution in [2.45, 2.75) is 57.9 Å². The molecule has 0 bridgehead atoms. The number of nitrogens with zero attached hydrogens (tertiary/aromatic N) is 1. The summed E-state index contributed by atoms with van der Waals surface area (Å²) in [7, 11) is 1.43. The van der Waals surface area contributed by atoms with E-state index in [1.54, 1.807) is 0 Å². The van der Waals surface area contributed by atoms with Crippen molar-refractivity contribution in [1.29, 1.82) is 0 Å². The SMILES string of the molecule is CCNC(=NCCCCC(=O)OC)NC1CCCC1.I. The minimum absolute atomic E-state index is 0. The van der Waals surface area contributed by atoms with Gasteiger partial charge >= 0.3 is 5.97 Å². The van der Waals surface area contributed by atoms with Gasteiger partial charge < -0.3 is 15.4 Å². The maximum Gasteiger partial charge on any atom is 0.305 e. The van der Waals surface area contributed by atoms with E-state index >= 15 is 0 Å². The molecule has 1 aliphatic carbocycles. The summed E-state index contributed by atoms with van der Waals surface area (Å²) in [6.07, 6.45) is 7.35. The number of hydrogen-bond acceptors (Lipinski definition) is 3. The number of carbonyl (C=O) groups excluding carboxylic acids is 1. The van der Waals surface area contributed by atoms with Crippen molar-refractivity contribution in [3.05, 3.63) is 0 Å². The van der Waals surface area contributed by atoms with Gasteiger partial charge in [-0.05, 0) is 32.6 Å².